The number of benzene rings is 1. The van der Waals surface area contributed by atoms with Crippen molar-refractivity contribution in [3.63, 3.8) is 0 Å². The zero-order chi connectivity index (χ0) is 13.8. The van der Waals surface area contributed by atoms with Crippen molar-refractivity contribution in [1.29, 1.82) is 0 Å². The van der Waals surface area contributed by atoms with E-state index in [0.29, 0.717) is 17.9 Å². The van der Waals surface area contributed by atoms with Crippen LogP contribution in [-0.4, -0.2) is 22.4 Å². The summed E-state index contributed by atoms with van der Waals surface area (Å²) in [7, 11) is 0. The van der Waals surface area contributed by atoms with E-state index in [-0.39, 0.29) is 17.2 Å². The Morgan fingerprint density at radius 1 is 1.56 bits per heavy atom. The molecule has 0 bridgehead atoms. The summed E-state index contributed by atoms with van der Waals surface area (Å²) in [6.45, 7) is 3.96. The van der Waals surface area contributed by atoms with Crippen LogP contribution in [0.25, 0.3) is 0 Å². The maximum atomic E-state index is 12.1. The van der Waals surface area contributed by atoms with Crippen LogP contribution in [0.1, 0.15) is 37.0 Å². The monoisotopic (exact) mass is 381 g/mol. The third kappa shape index (κ3) is 4.02. The number of hydrogen-bond acceptors (Lipinski definition) is 2. The summed E-state index contributed by atoms with van der Waals surface area (Å²) in [5.74, 6) is 0.223. The van der Waals surface area contributed by atoms with Crippen LogP contribution in [0.4, 0.5) is 0 Å². The molecule has 0 spiro atoms. The summed E-state index contributed by atoms with van der Waals surface area (Å²) in [5.41, 5.74) is -0.0387. The fourth-order valence-electron chi connectivity index (χ4n) is 1.57. The second-order valence-corrected chi connectivity index (χ2v) is 6.09. The lowest BCUT2D eigenvalue weighted by Crippen LogP contribution is -2.45. The molecule has 5 heteroatoms. The first kappa shape index (κ1) is 15.6. The van der Waals surface area contributed by atoms with Crippen molar-refractivity contribution in [2.24, 2.45) is 0 Å². The Bertz CT molecular complexity index is 439. The van der Waals surface area contributed by atoms with Crippen LogP contribution in [-0.2, 0) is 0 Å². The minimum atomic E-state index is -0.341. The summed E-state index contributed by atoms with van der Waals surface area (Å²) in [4.78, 5) is 12.1. The Hall–Kier alpha value is -0.490. The average Bonchev–Trinajstić information content (AvgIpc) is 2.32. The smallest absolute Gasteiger partial charge is 0.255 e. The molecule has 0 heterocycles. The van der Waals surface area contributed by atoms with E-state index in [9.17, 15) is 9.90 Å². The zero-order valence-electron chi connectivity index (χ0n) is 10.5. The Balaban J connectivity index is 2.90. The van der Waals surface area contributed by atoms with E-state index in [1.54, 1.807) is 12.1 Å². The van der Waals surface area contributed by atoms with Gasteiger partial charge in [0.2, 0.25) is 0 Å². The number of phenols is 1. The van der Waals surface area contributed by atoms with E-state index in [1.165, 1.54) is 6.07 Å². The van der Waals surface area contributed by atoms with Gasteiger partial charge in [0.25, 0.3) is 5.91 Å². The summed E-state index contributed by atoms with van der Waals surface area (Å²) >= 11 is 7.86. The molecule has 0 aromatic heterocycles. The molecule has 0 aliphatic rings. The Morgan fingerprint density at radius 2 is 2.22 bits per heavy atom. The molecule has 1 amide bonds. The van der Waals surface area contributed by atoms with Crippen molar-refractivity contribution in [2.45, 2.75) is 32.2 Å². The van der Waals surface area contributed by atoms with Crippen molar-refractivity contribution in [2.75, 3.05) is 5.88 Å². The molecule has 18 heavy (non-hydrogen) atoms. The SMILES string of the molecule is CCC(C)(CCCl)NC(=O)c1cc(I)ccc1O. The number of nitrogens with one attached hydrogen (secondary N) is 1. The van der Waals surface area contributed by atoms with Crippen LogP contribution < -0.4 is 5.32 Å². The Morgan fingerprint density at radius 3 is 2.78 bits per heavy atom. The van der Waals surface area contributed by atoms with E-state index < -0.39 is 0 Å². The van der Waals surface area contributed by atoms with Gasteiger partial charge < -0.3 is 10.4 Å². The number of amides is 1. The molecular weight excluding hydrogens is 365 g/mol. The van der Waals surface area contributed by atoms with Crippen LogP contribution >= 0.6 is 34.2 Å². The van der Waals surface area contributed by atoms with Crippen LogP contribution in [0, 0.1) is 3.57 Å². The van der Waals surface area contributed by atoms with Gasteiger partial charge in [-0.2, -0.15) is 0 Å². The predicted molar refractivity (Wildman–Crippen MR) is 82.3 cm³/mol. The van der Waals surface area contributed by atoms with Gasteiger partial charge in [-0.25, -0.2) is 0 Å². The van der Waals surface area contributed by atoms with Crippen molar-refractivity contribution in [3.8, 4) is 5.75 Å². The van der Waals surface area contributed by atoms with Crippen molar-refractivity contribution in [1.82, 2.24) is 5.32 Å². The van der Waals surface area contributed by atoms with Gasteiger partial charge in [-0.15, -0.1) is 11.6 Å². The van der Waals surface area contributed by atoms with Gasteiger partial charge in [0.1, 0.15) is 5.75 Å². The predicted octanol–water partition coefficient (Wildman–Crippen LogP) is 3.52. The maximum Gasteiger partial charge on any atom is 0.255 e. The number of phenolic OH excluding ortho intramolecular Hbond substituents is 1. The zero-order valence-corrected chi connectivity index (χ0v) is 13.4. The molecule has 100 valence electrons. The molecule has 1 unspecified atom stereocenters. The van der Waals surface area contributed by atoms with Gasteiger partial charge in [0.05, 0.1) is 5.56 Å². The summed E-state index contributed by atoms with van der Waals surface area (Å²) < 4.78 is 0.908. The number of aromatic hydroxyl groups is 1. The van der Waals surface area contributed by atoms with Gasteiger partial charge in [0.15, 0.2) is 0 Å². The number of rotatable bonds is 5. The van der Waals surface area contributed by atoms with E-state index in [0.717, 1.165) is 9.99 Å². The largest absolute Gasteiger partial charge is 0.507 e. The van der Waals surface area contributed by atoms with Crippen LogP contribution in [0.15, 0.2) is 18.2 Å². The number of hydrogen-bond donors (Lipinski definition) is 2. The molecule has 1 aromatic carbocycles. The molecule has 0 radical (unpaired) electrons. The molecule has 0 fully saturated rings. The first-order valence-electron chi connectivity index (χ1n) is 5.79. The fourth-order valence-corrected chi connectivity index (χ4v) is 2.48. The van der Waals surface area contributed by atoms with Crippen molar-refractivity contribution >= 4 is 40.1 Å². The molecular formula is C13H17ClINO2. The minimum Gasteiger partial charge on any atom is -0.507 e. The molecule has 0 saturated carbocycles. The summed E-state index contributed by atoms with van der Waals surface area (Å²) in [6.07, 6.45) is 1.48. The van der Waals surface area contributed by atoms with Crippen molar-refractivity contribution < 1.29 is 9.90 Å². The molecule has 2 N–H and O–H groups in total. The lowest BCUT2D eigenvalue weighted by molar-refractivity contribution is 0.0899. The van der Waals surface area contributed by atoms with Crippen LogP contribution in [0.5, 0.6) is 5.75 Å². The quantitative estimate of drug-likeness (QED) is 0.605. The highest BCUT2D eigenvalue weighted by atomic mass is 127. The fraction of sp³-hybridized carbons (Fsp3) is 0.462. The van der Waals surface area contributed by atoms with Gasteiger partial charge in [0, 0.05) is 15.0 Å². The molecule has 0 aliphatic carbocycles. The maximum absolute atomic E-state index is 12.1. The summed E-state index contributed by atoms with van der Waals surface area (Å²) in [6, 6.07) is 4.95. The summed E-state index contributed by atoms with van der Waals surface area (Å²) in [5, 5.41) is 12.7. The second-order valence-electron chi connectivity index (χ2n) is 4.47. The normalized spacial score (nSPS) is 14.0. The highest BCUT2D eigenvalue weighted by Gasteiger charge is 2.25. The van der Waals surface area contributed by atoms with E-state index in [2.05, 4.69) is 27.9 Å². The third-order valence-corrected chi connectivity index (χ3v) is 3.91. The molecule has 1 rings (SSSR count). The second kappa shape index (κ2) is 6.61. The van der Waals surface area contributed by atoms with Crippen molar-refractivity contribution in [3.05, 3.63) is 27.3 Å². The highest BCUT2D eigenvalue weighted by Crippen LogP contribution is 2.22. The molecule has 1 atom stereocenters. The molecule has 0 aliphatic heterocycles. The first-order valence-corrected chi connectivity index (χ1v) is 7.40. The van der Waals surface area contributed by atoms with E-state index >= 15 is 0 Å². The van der Waals surface area contributed by atoms with Gasteiger partial charge in [-0.05, 0) is 60.6 Å². The van der Waals surface area contributed by atoms with Gasteiger partial charge >= 0.3 is 0 Å². The number of halogens is 2. The standard InChI is InChI=1S/C13H17ClINO2/c1-3-13(2,6-7-14)16-12(18)10-8-9(15)4-5-11(10)17/h4-5,8,17H,3,6-7H2,1-2H3,(H,16,18). The Kier molecular flexibility index (Phi) is 5.72. The van der Waals surface area contributed by atoms with Gasteiger partial charge in [-0.3, -0.25) is 4.79 Å². The first-order chi connectivity index (χ1) is 8.41. The van der Waals surface area contributed by atoms with E-state index in [1.807, 2.05) is 13.8 Å². The Labute approximate surface area is 126 Å². The number of carbonyl (C=O) groups is 1. The lowest BCUT2D eigenvalue weighted by atomic mass is 9.95. The molecule has 1 aromatic rings. The highest BCUT2D eigenvalue weighted by molar-refractivity contribution is 14.1. The number of carbonyl (C=O) groups excluding carboxylic acids is 1. The third-order valence-electron chi connectivity index (χ3n) is 3.05. The lowest BCUT2D eigenvalue weighted by Gasteiger charge is -2.29. The number of alkyl halides is 1. The minimum absolute atomic E-state index is 0.00255. The molecule has 3 nitrogen and oxygen atoms in total. The van der Waals surface area contributed by atoms with E-state index in [4.69, 9.17) is 11.6 Å². The van der Waals surface area contributed by atoms with Crippen LogP contribution in [0.2, 0.25) is 0 Å². The molecule has 0 saturated heterocycles. The average molecular weight is 382 g/mol. The van der Waals surface area contributed by atoms with Crippen LogP contribution in [0.3, 0.4) is 0 Å². The topological polar surface area (TPSA) is 49.3 Å². The van der Waals surface area contributed by atoms with Gasteiger partial charge in [-0.1, -0.05) is 6.92 Å².